The first-order chi connectivity index (χ1) is 12.0. The first-order valence-electron chi connectivity index (χ1n) is 8.58. The summed E-state index contributed by atoms with van der Waals surface area (Å²) in [5.41, 5.74) is 1.20. The normalized spacial score (nSPS) is 19.3. The predicted molar refractivity (Wildman–Crippen MR) is 102 cm³/mol. The number of sulfone groups is 1. The molecule has 146 valence electrons. The van der Waals surface area contributed by atoms with E-state index in [0.29, 0.717) is 25.1 Å². The predicted octanol–water partition coefficient (Wildman–Crippen LogP) is 1.19. The maximum Gasteiger partial charge on any atom is 0.243 e. The van der Waals surface area contributed by atoms with E-state index in [1.807, 2.05) is 6.92 Å². The van der Waals surface area contributed by atoms with Crippen LogP contribution in [0.25, 0.3) is 0 Å². The average molecular weight is 403 g/mol. The second-order valence-corrected chi connectivity index (χ2v) is 10.8. The molecule has 1 aromatic carbocycles. The molecule has 1 atom stereocenters. The van der Waals surface area contributed by atoms with Gasteiger partial charge < -0.3 is 4.90 Å². The van der Waals surface area contributed by atoms with Gasteiger partial charge in [0, 0.05) is 12.6 Å². The first kappa shape index (κ1) is 20.7. The van der Waals surface area contributed by atoms with Crippen molar-refractivity contribution in [2.75, 3.05) is 35.2 Å². The van der Waals surface area contributed by atoms with Crippen molar-refractivity contribution in [3.63, 3.8) is 0 Å². The number of nitrogens with zero attached hydrogens (tertiary/aromatic N) is 2. The van der Waals surface area contributed by atoms with Crippen LogP contribution in [0.5, 0.6) is 0 Å². The van der Waals surface area contributed by atoms with Crippen molar-refractivity contribution in [3.05, 3.63) is 29.8 Å². The molecular formula is C17H26N2O5S2. The van der Waals surface area contributed by atoms with Crippen molar-refractivity contribution in [2.45, 2.75) is 32.7 Å². The Morgan fingerprint density at radius 1 is 1.27 bits per heavy atom. The fraction of sp³-hybridized carbons (Fsp3) is 0.588. The summed E-state index contributed by atoms with van der Waals surface area (Å²) in [4.78, 5) is 14.4. The molecule has 1 aromatic rings. The molecule has 1 saturated heterocycles. The van der Waals surface area contributed by atoms with E-state index >= 15 is 0 Å². The largest absolute Gasteiger partial charge is 0.337 e. The second-order valence-electron chi connectivity index (χ2n) is 6.70. The fourth-order valence-corrected chi connectivity index (χ4v) is 5.85. The zero-order valence-corrected chi connectivity index (χ0v) is 17.0. The van der Waals surface area contributed by atoms with Gasteiger partial charge in [-0.1, -0.05) is 25.1 Å². The molecule has 26 heavy (non-hydrogen) atoms. The Hall–Kier alpha value is -1.61. The second kappa shape index (κ2) is 7.96. The van der Waals surface area contributed by atoms with Crippen molar-refractivity contribution in [1.82, 2.24) is 4.90 Å². The van der Waals surface area contributed by atoms with Gasteiger partial charge in [0.25, 0.3) is 0 Å². The van der Waals surface area contributed by atoms with E-state index in [2.05, 4.69) is 0 Å². The van der Waals surface area contributed by atoms with E-state index in [1.54, 1.807) is 31.2 Å². The Kier molecular flexibility index (Phi) is 6.33. The van der Waals surface area contributed by atoms with Crippen LogP contribution in [0.1, 0.15) is 25.3 Å². The topological polar surface area (TPSA) is 91.8 Å². The number of carbonyl (C=O) groups is 1. The fourth-order valence-electron chi connectivity index (χ4n) is 3.21. The van der Waals surface area contributed by atoms with Crippen LogP contribution in [-0.2, 0) is 24.7 Å². The van der Waals surface area contributed by atoms with Crippen molar-refractivity contribution >= 4 is 31.5 Å². The Balaban J connectivity index is 2.28. The van der Waals surface area contributed by atoms with E-state index in [0.717, 1.165) is 16.1 Å². The van der Waals surface area contributed by atoms with Crippen molar-refractivity contribution in [3.8, 4) is 0 Å². The van der Waals surface area contributed by atoms with Gasteiger partial charge in [0.1, 0.15) is 6.54 Å². The SMILES string of the molecule is CCCN(C(=O)CN(c1ccccc1C)S(C)(=O)=O)C1CCS(=O)(=O)C1. The van der Waals surface area contributed by atoms with Gasteiger partial charge in [0.2, 0.25) is 15.9 Å². The van der Waals surface area contributed by atoms with Crippen LogP contribution in [-0.4, -0.2) is 64.5 Å². The number of hydrogen-bond donors (Lipinski definition) is 0. The number of anilines is 1. The Morgan fingerprint density at radius 2 is 1.92 bits per heavy atom. The summed E-state index contributed by atoms with van der Waals surface area (Å²) < 4.78 is 49.2. The van der Waals surface area contributed by atoms with Gasteiger partial charge >= 0.3 is 0 Å². The smallest absolute Gasteiger partial charge is 0.243 e. The molecule has 1 aliphatic heterocycles. The summed E-state index contributed by atoms with van der Waals surface area (Å²) in [6.45, 7) is 3.76. The van der Waals surface area contributed by atoms with Crippen LogP contribution in [0, 0.1) is 6.92 Å². The highest BCUT2D eigenvalue weighted by molar-refractivity contribution is 7.92. The summed E-state index contributed by atoms with van der Waals surface area (Å²) in [5.74, 6) is -0.358. The van der Waals surface area contributed by atoms with Gasteiger partial charge in [0.05, 0.1) is 23.4 Å². The molecule has 0 saturated carbocycles. The lowest BCUT2D eigenvalue weighted by atomic mass is 10.2. The number of aryl methyl sites for hydroxylation is 1. The van der Waals surface area contributed by atoms with Gasteiger partial charge in [0.15, 0.2) is 9.84 Å². The summed E-state index contributed by atoms with van der Waals surface area (Å²) in [7, 11) is -6.80. The molecule has 1 unspecified atom stereocenters. The van der Waals surface area contributed by atoms with Crippen LogP contribution < -0.4 is 4.31 Å². The zero-order valence-electron chi connectivity index (χ0n) is 15.4. The van der Waals surface area contributed by atoms with Crippen LogP contribution in [0.2, 0.25) is 0 Å². The number of para-hydroxylation sites is 1. The third-order valence-corrected chi connectivity index (χ3v) is 7.37. The lowest BCUT2D eigenvalue weighted by molar-refractivity contribution is -0.131. The molecule has 2 rings (SSSR count). The van der Waals surface area contributed by atoms with Gasteiger partial charge in [-0.15, -0.1) is 0 Å². The molecule has 0 radical (unpaired) electrons. The monoisotopic (exact) mass is 402 g/mol. The third-order valence-electron chi connectivity index (χ3n) is 4.50. The summed E-state index contributed by atoms with van der Waals surface area (Å²) >= 11 is 0. The van der Waals surface area contributed by atoms with Crippen molar-refractivity contribution < 1.29 is 21.6 Å². The highest BCUT2D eigenvalue weighted by Gasteiger charge is 2.35. The number of benzene rings is 1. The highest BCUT2D eigenvalue weighted by atomic mass is 32.2. The van der Waals surface area contributed by atoms with Crippen LogP contribution in [0.4, 0.5) is 5.69 Å². The molecule has 1 aliphatic rings. The molecule has 0 aromatic heterocycles. The molecule has 1 amide bonds. The maximum atomic E-state index is 12.9. The van der Waals surface area contributed by atoms with Crippen LogP contribution in [0.3, 0.4) is 0 Å². The molecule has 9 heteroatoms. The van der Waals surface area contributed by atoms with Crippen molar-refractivity contribution in [2.24, 2.45) is 0 Å². The maximum absolute atomic E-state index is 12.9. The van der Waals surface area contributed by atoms with Crippen LogP contribution >= 0.6 is 0 Å². The van der Waals surface area contributed by atoms with E-state index in [-0.39, 0.29) is 30.0 Å². The number of rotatable bonds is 7. The lowest BCUT2D eigenvalue weighted by Crippen LogP contribution is -2.48. The number of sulfonamides is 1. The molecule has 1 heterocycles. The molecule has 0 aliphatic carbocycles. The summed E-state index contributed by atoms with van der Waals surface area (Å²) in [6.07, 6.45) is 2.14. The summed E-state index contributed by atoms with van der Waals surface area (Å²) in [6, 6.07) is 6.58. The number of carbonyl (C=O) groups excluding carboxylic acids is 1. The van der Waals surface area contributed by atoms with Gasteiger partial charge in [-0.2, -0.15) is 0 Å². The Bertz CT molecular complexity index is 865. The molecule has 7 nitrogen and oxygen atoms in total. The number of hydrogen-bond acceptors (Lipinski definition) is 5. The Morgan fingerprint density at radius 3 is 2.42 bits per heavy atom. The minimum absolute atomic E-state index is 0.0536. The van der Waals surface area contributed by atoms with E-state index in [4.69, 9.17) is 0 Å². The quantitative estimate of drug-likeness (QED) is 0.683. The summed E-state index contributed by atoms with van der Waals surface area (Å²) in [5, 5.41) is 0. The van der Waals surface area contributed by atoms with E-state index in [9.17, 15) is 21.6 Å². The first-order valence-corrected chi connectivity index (χ1v) is 12.3. The molecule has 0 spiro atoms. The average Bonchev–Trinajstić information content (AvgIpc) is 2.89. The standard InChI is InChI=1S/C17H26N2O5S2/c1-4-10-18(15-9-11-26(23,24)13-15)17(20)12-19(25(3,21)22)16-8-6-5-7-14(16)2/h5-8,15H,4,9-13H2,1-3H3. The molecular weight excluding hydrogens is 376 g/mol. The van der Waals surface area contributed by atoms with E-state index in [1.165, 1.54) is 4.90 Å². The van der Waals surface area contributed by atoms with Gasteiger partial charge in [-0.25, -0.2) is 16.8 Å². The highest BCUT2D eigenvalue weighted by Crippen LogP contribution is 2.23. The third kappa shape index (κ3) is 4.97. The van der Waals surface area contributed by atoms with Crippen LogP contribution in [0.15, 0.2) is 24.3 Å². The molecule has 1 fully saturated rings. The minimum Gasteiger partial charge on any atom is -0.337 e. The Labute approximate surface area is 156 Å². The van der Waals surface area contributed by atoms with Crippen molar-refractivity contribution in [1.29, 1.82) is 0 Å². The number of amides is 1. The van der Waals surface area contributed by atoms with E-state index < -0.39 is 19.9 Å². The van der Waals surface area contributed by atoms with Gasteiger partial charge in [-0.3, -0.25) is 9.10 Å². The minimum atomic E-state index is -3.66. The zero-order chi connectivity index (χ0) is 19.5. The van der Waals surface area contributed by atoms with Gasteiger partial charge in [-0.05, 0) is 31.4 Å². The molecule has 0 N–H and O–H groups in total. The lowest BCUT2D eigenvalue weighted by Gasteiger charge is -2.31. The molecule has 0 bridgehead atoms.